The van der Waals surface area contributed by atoms with E-state index in [4.69, 9.17) is 0 Å². The number of rotatable bonds is 1. The molecule has 1 N–H and O–H groups in total. The lowest BCUT2D eigenvalue weighted by molar-refractivity contribution is 0.135. The zero-order chi connectivity index (χ0) is 14.0. The Labute approximate surface area is 131 Å². The highest BCUT2D eigenvalue weighted by molar-refractivity contribution is 9.10. The van der Waals surface area contributed by atoms with E-state index in [2.05, 4.69) is 52.4 Å². The highest BCUT2D eigenvalue weighted by Crippen LogP contribution is 2.50. The summed E-state index contributed by atoms with van der Waals surface area (Å²) in [5, 5.41) is 3.64. The smallest absolute Gasteiger partial charge is 0.0175 e. The van der Waals surface area contributed by atoms with Gasteiger partial charge < -0.3 is 5.32 Å². The highest BCUT2D eigenvalue weighted by Gasteiger charge is 2.41. The van der Waals surface area contributed by atoms with Crippen LogP contribution in [-0.2, 0) is 0 Å². The maximum Gasteiger partial charge on any atom is 0.0175 e. The molecule has 1 spiro atoms. The summed E-state index contributed by atoms with van der Waals surface area (Å²) >= 11 is 3.56. The van der Waals surface area contributed by atoms with Gasteiger partial charge in [-0.1, -0.05) is 54.2 Å². The first kappa shape index (κ1) is 14.6. The lowest BCUT2D eigenvalue weighted by Gasteiger charge is -2.45. The Bertz CT molecular complexity index is 441. The molecule has 1 aliphatic heterocycles. The van der Waals surface area contributed by atoms with Crippen molar-refractivity contribution in [3.63, 3.8) is 0 Å². The molecule has 1 saturated heterocycles. The van der Waals surface area contributed by atoms with Crippen LogP contribution in [0.4, 0.5) is 0 Å². The average molecular weight is 336 g/mol. The first-order valence-electron chi connectivity index (χ1n) is 8.16. The van der Waals surface area contributed by atoms with Gasteiger partial charge in [0.15, 0.2) is 0 Å². The fraction of sp³-hybridized carbons (Fsp3) is 0.667. The molecule has 3 unspecified atom stereocenters. The van der Waals surface area contributed by atoms with E-state index in [1.165, 1.54) is 55.1 Å². The average Bonchev–Trinajstić information content (AvgIpc) is 2.64. The van der Waals surface area contributed by atoms with Gasteiger partial charge >= 0.3 is 0 Å². The lowest BCUT2D eigenvalue weighted by atomic mass is 9.63. The Morgan fingerprint density at radius 2 is 1.90 bits per heavy atom. The standard InChI is InChI=1S/C18H26BrN/c1-14-3-2-9-18(10-8-14)11-12-20-13-17(18)15-4-6-16(19)7-5-15/h4-7,14,17,20H,2-3,8-13H2,1H3. The van der Waals surface area contributed by atoms with Gasteiger partial charge in [-0.25, -0.2) is 0 Å². The first-order valence-corrected chi connectivity index (χ1v) is 8.95. The van der Waals surface area contributed by atoms with Crippen LogP contribution in [0.25, 0.3) is 0 Å². The van der Waals surface area contributed by atoms with Crippen LogP contribution in [-0.4, -0.2) is 13.1 Å². The fourth-order valence-corrected chi connectivity index (χ4v) is 4.61. The third-order valence-electron chi connectivity index (χ3n) is 5.67. The Morgan fingerprint density at radius 1 is 1.10 bits per heavy atom. The predicted octanol–water partition coefficient (Wildman–Crippen LogP) is 5.11. The predicted molar refractivity (Wildman–Crippen MR) is 89.1 cm³/mol. The molecule has 0 amide bonds. The molecule has 20 heavy (non-hydrogen) atoms. The Morgan fingerprint density at radius 3 is 2.70 bits per heavy atom. The minimum atomic E-state index is 0.559. The van der Waals surface area contributed by atoms with Gasteiger partial charge in [0.05, 0.1) is 0 Å². The van der Waals surface area contributed by atoms with Gasteiger partial charge in [0.1, 0.15) is 0 Å². The van der Waals surface area contributed by atoms with Crippen molar-refractivity contribution in [2.75, 3.05) is 13.1 Å². The second kappa shape index (κ2) is 6.19. The van der Waals surface area contributed by atoms with Gasteiger partial charge in [-0.15, -0.1) is 0 Å². The van der Waals surface area contributed by atoms with Gasteiger partial charge in [0.25, 0.3) is 0 Å². The Kier molecular flexibility index (Phi) is 4.52. The van der Waals surface area contributed by atoms with E-state index < -0.39 is 0 Å². The van der Waals surface area contributed by atoms with Gasteiger partial charge in [-0.3, -0.25) is 0 Å². The van der Waals surface area contributed by atoms with Crippen molar-refractivity contribution in [3.05, 3.63) is 34.3 Å². The number of halogens is 1. The molecule has 1 heterocycles. The molecule has 110 valence electrons. The summed E-state index contributed by atoms with van der Waals surface area (Å²) in [6.45, 7) is 4.81. The summed E-state index contributed by atoms with van der Waals surface area (Å²) in [4.78, 5) is 0. The minimum Gasteiger partial charge on any atom is -0.316 e. The molecule has 1 aromatic carbocycles. The highest BCUT2D eigenvalue weighted by atomic mass is 79.9. The number of piperidine rings is 1. The molecule has 1 nitrogen and oxygen atoms in total. The third-order valence-corrected chi connectivity index (χ3v) is 6.19. The molecule has 3 rings (SSSR count). The quantitative estimate of drug-likeness (QED) is 0.751. The molecule has 0 aromatic heterocycles. The molecular formula is C18H26BrN. The van der Waals surface area contributed by atoms with Crippen LogP contribution >= 0.6 is 15.9 Å². The van der Waals surface area contributed by atoms with E-state index in [-0.39, 0.29) is 0 Å². The van der Waals surface area contributed by atoms with Gasteiger partial charge in [0.2, 0.25) is 0 Å². The fourth-order valence-electron chi connectivity index (χ4n) is 4.35. The van der Waals surface area contributed by atoms with Crippen molar-refractivity contribution in [3.8, 4) is 0 Å². The van der Waals surface area contributed by atoms with E-state index in [0.29, 0.717) is 11.3 Å². The zero-order valence-corrected chi connectivity index (χ0v) is 14.1. The van der Waals surface area contributed by atoms with E-state index in [1.807, 2.05) is 0 Å². The van der Waals surface area contributed by atoms with Crippen molar-refractivity contribution in [2.24, 2.45) is 11.3 Å². The van der Waals surface area contributed by atoms with Crippen molar-refractivity contribution in [1.29, 1.82) is 0 Å². The molecule has 2 fully saturated rings. The topological polar surface area (TPSA) is 12.0 Å². The van der Waals surface area contributed by atoms with Crippen molar-refractivity contribution >= 4 is 15.9 Å². The molecule has 1 aromatic rings. The Hall–Kier alpha value is -0.340. The van der Waals surface area contributed by atoms with Gasteiger partial charge in [-0.05, 0) is 54.8 Å². The largest absolute Gasteiger partial charge is 0.316 e. The number of nitrogens with one attached hydrogen (secondary N) is 1. The molecule has 2 aliphatic rings. The summed E-state index contributed by atoms with van der Waals surface area (Å²) in [5.74, 6) is 1.63. The second-order valence-electron chi connectivity index (χ2n) is 6.96. The molecule has 2 heteroatoms. The summed E-state index contributed by atoms with van der Waals surface area (Å²) < 4.78 is 1.19. The van der Waals surface area contributed by atoms with Crippen molar-refractivity contribution in [2.45, 2.75) is 51.4 Å². The van der Waals surface area contributed by atoms with Crippen molar-refractivity contribution in [1.82, 2.24) is 5.32 Å². The third kappa shape index (κ3) is 2.96. The molecule has 1 saturated carbocycles. The maximum absolute atomic E-state index is 3.64. The molecule has 3 atom stereocenters. The molecular weight excluding hydrogens is 310 g/mol. The Balaban J connectivity index is 1.88. The summed E-state index contributed by atoms with van der Waals surface area (Å²) in [5.41, 5.74) is 2.10. The number of hydrogen-bond acceptors (Lipinski definition) is 1. The first-order chi connectivity index (χ1) is 9.70. The minimum absolute atomic E-state index is 0.559. The monoisotopic (exact) mass is 335 g/mol. The van der Waals surface area contributed by atoms with Crippen LogP contribution in [0.1, 0.15) is 56.9 Å². The van der Waals surface area contributed by atoms with Crippen LogP contribution < -0.4 is 5.32 Å². The van der Waals surface area contributed by atoms with Gasteiger partial charge in [-0.2, -0.15) is 0 Å². The SMILES string of the molecule is CC1CCCC2(CCNCC2c2ccc(Br)cc2)CC1. The van der Waals surface area contributed by atoms with Crippen LogP contribution in [0.15, 0.2) is 28.7 Å². The van der Waals surface area contributed by atoms with Crippen LogP contribution in [0.5, 0.6) is 0 Å². The number of benzene rings is 1. The van der Waals surface area contributed by atoms with Crippen molar-refractivity contribution < 1.29 is 0 Å². The molecule has 0 bridgehead atoms. The molecule has 1 aliphatic carbocycles. The second-order valence-corrected chi connectivity index (χ2v) is 7.87. The van der Waals surface area contributed by atoms with E-state index >= 15 is 0 Å². The molecule has 0 radical (unpaired) electrons. The zero-order valence-electron chi connectivity index (χ0n) is 12.5. The maximum atomic E-state index is 3.64. The van der Waals surface area contributed by atoms with Crippen LogP contribution in [0.3, 0.4) is 0 Å². The van der Waals surface area contributed by atoms with E-state index in [0.717, 1.165) is 12.5 Å². The van der Waals surface area contributed by atoms with Crippen LogP contribution in [0, 0.1) is 11.3 Å². The normalized spacial score (nSPS) is 34.9. The van der Waals surface area contributed by atoms with E-state index in [1.54, 1.807) is 0 Å². The summed E-state index contributed by atoms with van der Waals surface area (Å²) in [6, 6.07) is 9.07. The van der Waals surface area contributed by atoms with E-state index in [9.17, 15) is 0 Å². The summed E-state index contributed by atoms with van der Waals surface area (Å²) in [7, 11) is 0. The van der Waals surface area contributed by atoms with Crippen LogP contribution in [0.2, 0.25) is 0 Å². The number of hydrogen-bond donors (Lipinski definition) is 1. The summed E-state index contributed by atoms with van der Waals surface area (Å²) in [6.07, 6.45) is 8.50. The lowest BCUT2D eigenvalue weighted by Crippen LogP contribution is -2.43. The van der Waals surface area contributed by atoms with Gasteiger partial charge in [0, 0.05) is 16.9 Å².